The van der Waals surface area contributed by atoms with Gasteiger partial charge in [-0.25, -0.2) is 5.43 Å². The molecule has 12 heteroatoms. The van der Waals surface area contributed by atoms with Gasteiger partial charge in [-0.15, -0.1) is 0 Å². The van der Waals surface area contributed by atoms with Crippen LogP contribution in [0.25, 0.3) is 0 Å². The molecule has 0 fully saturated rings. The summed E-state index contributed by atoms with van der Waals surface area (Å²) in [5.74, 6) is -0.538. The van der Waals surface area contributed by atoms with Crippen molar-refractivity contribution < 1.29 is 32.2 Å². The van der Waals surface area contributed by atoms with Crippen LogP contribution in [0.15, 0.2) is 59.7 Å². The number of hydrogen-bond donors (Lipinski definition) is 2. The van der Waals surface area contributed by atoms with E-state index in [2.05, 4.69) is 15.8 Å². The molecule has 2 N–H and O–H groups in total. The van der Waals surface area contributed by atoms with E-state index in [1.165, 1.54) is 50.6 Å². The van der Waals surface area contributed by atoms with Crippen LogP contribution in [0.4, 0.5) is 18.9 Å². The normalized spacial score (nSPS) is 11.3. The van der Waals surface area contributed by atoms with Crippen molar-refractivity contribution in [2.75, 3.05) is 19.5 Å². The molecule has 0 aliphatic heterocycles. The van der Waals surface area contributed by atoms with Gasteiger partial charge in [0.1, 0.15) is 0 Å². The summed E-state index contributed by atoms with van der Waals surface area (Å²) in [4.78, 5) is 25.5. The zero-order valence-electron chi connectivity index (χ0n) is 18.7. The molecule has 3 aromatic carbocycles. The second-order valence-corrected chi connectivity index (χ2v) is 7.99. The van der Waals surface area contributed by atoms with Crippen LogP contribution < -0.4 is 20.2 Å². The Bertz CT molecular complexity index is 1330. The van der Waals surface area contributed by atoms with Crippen LogP contribution in [0.5, 0.6) is 11.5 Å². The molecular weight excluding hydrogens is 522 g/mol. The number of halogens is 5. The fraction of sp³-hybridized carbons (Fsp3) is 0.125. The van der Waals surface area contributed by atoms with Gasteiger partial charge in [-0.1, -0.05) is 29.3 Å². The molecule has 2 amide bonds. The quantitative estimate of drug-likeness (QED) is 0.282. The van der Waals surface area contributed by atoms with E-state index in [1.54, 1.807) is 6.07 Å². The number of hydrazone groups is 1. The van der Waals surface area contributed by atoms with Crippen molar-refractivity contribution in [3.05, 3.63) is 86.9 Å². The Labute approximate surface area is 213 Å². The minimum atomic E-state index is -4.65. The molecule has 0 radical (unpaired) electrons. The summed E-state index contributed by atoms with van der Waals surface area (Å²) in [5.41, 5.74) is 1.55. The number of carbonyl (C=O) groups is 2. The third-order valence-corrected chi connectivity index (χ3v) is 5.36. The molecule has 3 aromatic rings. The maximum absolute atomic E-state index is 13.0. The van der Waals surface area contributed by atoms with Crippen molar-refractivity contribution in [2.45, 2.75) is 6.18 Å². The van der Waals surface area contributed by atoms with E-state index in [1.807, 2.05) is 0 Å². The maximum atomic E-state index is 13.0. The van der Waals surface area contributed by atoms with Crippen molar-refractivity contribution in [2.24, 2.45) is 5.10 Å². The molecule has 0 spiro atoms. The first-order chi connectivity index (χ1) is 17.0. The Balaban J connectivity index is 1.79. The van der Waals surface area contributed by atoms with Crippen molar-refractivity contribution >= 4 is 46.9 Å². The molecular formula is C24H18Cl2F3N3O4. The standard InChI is InChI=1S/C24H18Cl2F3N3O4/c1-35-20-8-4-14(10-21(20)36-2)22(33)31-19-7-5-15(25)11-16(19)23(34)32-30-12-13-3-6-18(26)17(9-13)24(27,28)29/h3-12H,1-2H3,(H,31,33)(H,32,34)/b30-12-. The molecule has 0 heterocycles. The van der Waals surface area contributed by atoms with Gasteiger partial charge in [0.25, 0.3) is 11.8 Å². The highest BCUT2D eigenvalue weighted by molar-refractivity contribution is 6.31. The Kier molecular flexibility index (Phi) is 8.44. The Hall–Kier alpha value is -3.76. The van der Waals surface area contributed by atoms with Crippen molar-refractivity contribution in [1.82, 2.24) is 5.43 Å². The second kappa shape index (κ2) is 11.3. The molecule has 0 aromatic heterocycles. The molecule has 0 aliphatic carbocycles. The lowest BCUT2D eigenvalue weighted by Crippen LogP contribution is -2.21. The highest BCUT2D eigenvalue weighted by Gasteiger charge is 2.33. The maximum Gasteiger partial charge on any atom is 0.417 e. The number of hydrogen-bond acceptors (Lipinski definition) is 5. The molecule has 0 atom stereocenters. The first kappa shape index (κ1) is 26.8. The lowest BCUT2D eigenvalue weighted by Gasteiger charge is -2.12. The van der Waals surface area contributed by atoms with Gasteiger partial charge in [0.05, 0.1) is 42.3 Å². The summed E-state index contributed by atoms with van der Waals surface area (Å²) in [6.07, 6.45) is -3.62. The third kappa shape index (κ3) is 6.46. The van der Waals surface area contributed by atoms with Gasteiger partial charge in [0.15, 0.2) is 11.5 Å². The number of ether oxygens (including phenoxy) is 2. The molecule has 188 valence electrons. The molecule has 36 heavy (non-hydrogen) atoms. The molecule has 3 rings (SSSR count). The zero-order chi connectivity index (χ0) is 26.5. The SMILES string of the molecule is COc1ccc(C(=O)Nc2ccc(Cl)cc2C(=O)N/N=C\c2ccc(Cl)c(C(F)(F)F)c2)cc1OC. The van der Waals surface area contributed by atoms with E-state index in [0.29, 0.717) is 11.5 Å². The van der Waals surface area contributed by atoms with Crippen LogP contribution >= 0.6 is 23.2 Å². The van der Waals surface area contributed by atoms with Crippen molar-refractivity contribution in [3.63, 3.8) is 0 Å². The largest absolute Gasteiger partial charge is 0.493 e. The van der Waals surface area contributed by atoms with Crippen LogP contribution in [0.1, 0.15) is 31.8 Å². The van der Waals surface area contributed by atoms with Gasteiger partial charge in [-0.2, -0.15) is 18.3 Å². The van der Waals surface area contributed by atoms with E-state index >= 15 is 0 Å². The number of nitrogens with zero attached hydrogens (tertiary/aromatic N) is 1. The first-order valence-electron chi connectivity index (χ1n) is 10.1. The summed E-state index contributed by atoms with van der Waals surface area (Å²) in [5, 5.41) is 6.06. The molecule has 7 nitrogen and oxygen atoms in total. The number of alkyl halides is 3. The smallest absolute Gasteiger partial charge is 0.417 e. The van der Waals surface area contributed by atoms with Crippen LogP contribution in [-0.2, 0) is 6.18 Å². The predicted octanol–water partition coefficient (Wildman–Crippen LogP) is 6.05. The molecule has 0 aliphatic rings. The number of methoxy groups -OCH3 is 2. The average molecular weight is 540 g/mol. The Morgan fingerprint density at radius 1 is 0.917 bits per heavy atom. The number of benzene rings is 3. The van der Waals surface area contributed by atoms with Crippen LogP contribution in [0.3, 0.4) is 0 Å². The summed E-state index contributed by atoms with van der Waals surface area (Å²) < 4.78 is 49.4. The molecule has 0 bridgehead atoms. The summed E-state index contributed by atoms with van der Waals surface area (Å²) >= 11 is 11.6. The van der Waals surface area contributed by atoms with Crippen LogP contribution in [-0.4, -0.2) is 32.2 Å². The van der Waals surface area contributed by atoms with E-state index < -0.39 is 28.6 Å². The topological polar surface area (TPSA) is 89.0 Å². The number of amides is 2. The first-order valence-corrected chi connectivity index (χ1v) is 10.8. The number of rotatable bonds is 7. The van der Waals surface area contributed by atoms with Crippen LogP contribution in [0.2, 0.25) is 10.0 Å². The minimum Gasteiger partial charge on any atom is -0.493 e. The van der Waals surface area contributed by atoms with E-state index in [9.17, 15) is 22.8 Å². The average Bonchev–Trinajstić information content (AvgIpc) is 2.84. The molecule has 0 saturated heterocycles. The van der Waals surface area contributed by atoms with E-state index in [-0.39, 0.29) is 27.4 Å². The zero-order valence-corrected chi connectivity index (χ0v) is 20.3. The van der Waals surface area contributed by atoms with Gasteiger partial charge >= 0.3 is 6.18 Å². The van der Waals surface area contributed by atoms with Gasteiger partial charge < -0.3 is 14.8 Å². The van der Waals surface area contributed by atoms with Crippen LogP contribution in [0, 0.1) is 0 Å². The predicted molar refractivity (Wildman–Crippen MR) is 130 cm³/mol. The fourth-order valence-electron chi connectivity index (χ4n) is 3.05. The number of nitrogens with one attached hydrogen (secondary N) is 2. The summed E-state index contributed by atoms with van der Waals surface area (Å²) in [6.45, 7) is 0. The minimum absolute atomic E-state index is 0.0273. The highest BCUT2D eigenvalue weighted by atomic mass is 35.5. The molecule has 0 saturated carbocycles. The van der Waals surface area contributed by atoms with E-state index in [4.69, 9.17) is 32.7 Å². The highest BCUT2D eigenvalue weighted by Crippen LogP contribution is 2.35. The number of carbonyl (C=O) groups excluding carboxylic acids is 2. The second-order valence-electron chi connectivity index (χ2n) is 7.15. The Morgan fingerprint density at radius 2 is 1.64 bits per heavy atom. The van der Waals surface area contributed by atoms with E-state index in [0.717, 1.165) is 18.3 Å². The van der Waals surface area contributed by atoms with Crippen molar-refractivity contribution in [1.29, 1.82) is 0 Å². The lowest BCUT2D eigenvalue weighted by molar-refractivity contribution is -0.137. The number of anilines is 1. The van der Waals surface area contributed by atoms with Gasteiger partial charge in [-0.3, -0.25) is 9.59 Å². The fourth-order valence-corrected chi connectivity index (χ4v) is 3.45. The lowest BCUT2D eigenvalue weighted by atomic mass is 10.1. The Morgan fingerprint density at radius 3 is 2.31 bits per heavy atom. The van der Waals surface area contributed by atoms with Crippen molar-refractivity contribution in [3.8, 4) is 11.5 Å². The monoisotopic (exact) mass is 539 g/mol. The third-order valence-electron chi connectivity index (χ3n) is 4.80. The van der Waals surface area contributed by atoms with Gasteiger partial charge in [-0.05, 0) is 54.1 Å². The van der Waals surface area contributed by atoms with Gasteiger partial charge in [0, 0.05) is 10.6 Å². The summed E-state index contributed by atoms with van der Waals surface area (Å²) in [6, 6.07) is 11.9. The summed E-state index contributed by atoms with van der Waals surface area (Å²) in [7, 11) is 2.89. The van der Waals surface area contributed by atoms with Gasteiger partial charge in [0.2, 0.25) is 0 Å². The molecule has 0 unspecified atom stereocenters.